The molecule has 0 fully saturated rings. The SMILES string of the molecule is CCCCOC(=O)[C@H](Cc1ccccc1)NC(=O)Nc1ccccc1NC(=O)N[C@@H](Cc1ccccc1)C(=O)OCc1ccccc1. The van der Waals surface area contributed by atoms with E-state index >= 15 is 0 Å². The Balaban J connectivity index is 1.41. The third-order valence-corrected chi connectivity index (χ3v) is 7.13. The number of amides is 4. The van der Waals surface area contributed by atoms with Crippen LogP contribution in [0.25, 0.3) is 0 Å². The Morgan fingerprint density at radius 1 is 0.553 bits per heavy atom. The van der Waals surface area contributed by atoms with Gasteiger partial charge in [0.05, 0.1) is 18.0 Å². The van der Waals surface area contributed by atoms with Crippen molar-refractivity contribution in [3.63, 3.8) is 0 Å². The molecule has 0 radical (unpaired) electrons. The molecule has 4 amide bonds. The summed E-state index contributed by atoms with van der Waals surface area (Å²) in [5.74, 6) is -1.12. The molecule has 0 aliphatic carbocycles. The number of benzene rings is 4. The molecule has 0 bridgehead atoms. The Bertz CT molecular complexity index is 1580. The quantitative estimate of drug-likeness (QED) is 0.0902. The third kappa shape index (κ3) is 11.7. The van der Waals surface area contributed by atoms with Gasteiger partial charge in [-0.1, -0.05) is 116 Å². The van der Waals surface area contributed by atoms with E-state index in [0.717, 1.165) is 23.1 Å². The molecule has 0 heterocycles. The van der Waals surface area contributed by atoms with Crippen LogP contribution in [-0.4, -0.2) is 42.7 Å². The van der Waals surface area contributed by atoms with Crippen molar-refractivity contribution in [3.8, 4) is 0 Å². The molecule has 4 aromatic carbocycles. The highest BCUT2D eigenvalue weighted by atomic mass is 16.5. The van der Waals surface area contributed by atoms with E-state index in [0.29, 0.717) is 6.42 Å². The summed E-state index contributed by atoms with van der Waals surface area (Å²) in [7, 11) is 0. The van der Waals surface area contributed by atoms with Gasteiger partial charge in [0.1, 0.15) is 18.7 Å². The Hall–Kier alpha value is -5.64. The van der Waals surface area contributed by atoms with Crippen LogP contribution >= 0.6 is 0 Å². The first-order valence-electron chi connectivity index (χ1n) is 15.6. The van der Waals surface area contributed by atoms with E-state index in [1.54, 1.807) is 24.3 Å². The van der Waals surface area contributed by atoms with Gasteiger partial charge in [0.15, 0.2) is 0 Å². The van der Waals surface area contributed by atoms with Gasteiger partial charge in [-0.3, -0.25) is 0 Å². The lowest BCUT2D eigenvalue weighted by Gasteiger charge is -2.20. The number of esters is 2. The van der Waals surface area contributed by atoms with Crippen LogP contribution in [0.3, 0.4) is 0 Å². The van der Waals surface area contributed by atoms with Crippen LogP contribution in [0.15, 0.2) is 115 Å². The maximum atomic E-state index is 13.2. The summed E-state index contributed by atoms with van der Waals surface area (Å²) < 4.78 is 10.9. The molecule has 47 heavy (non-hydrogen) atoms. The normalized spacial score (nSPS) is 11.8. The minimum atomic E-state index is -0.984. The van der Waals surface area contributed by atoms with Crippen LogP contribution in [-0.2, 0) is 38.5 Å². The first-order valence-corrected chi connectivity index (χ1v) is 15.6. The topological polar surface area (TPSA) is 135 Å². The monoisotopic (exact) mass is 636 g/mol. The lowest BCUT2D eigenvalue weighted by molar-refractivity contribution is -0.147. The second kappa shape index (κ2) is 18.4. The van der Waals surface area contributed by atoms with Gasteiger partial charge in [-0.25, -0.2) is 19.2 Å². The Morgan fingerprint density at radius 3 is 1.40 bits per heavy atom. The molecule has 0 saturated heterocycles. The first-order chi connectivity index (χ1) is 22.9. The Kier molecular flexibility index (Phi) is 13.4. The number of nitrogens with one attached hydrogen (secondary N) is 4. The molecule has 0 aliphatic heterocycles. The highest BCUT2D eigenvalue weighted by molar-refractivity contribution is 6.00. The van der Waals surface area contributed by atoms with Crippen molar-refractivity contribution in [3.05, 3.63) is 132 Å². The number of unbranched alkanes of at least 4 members (excludes halogenated alkanes) is 1. The smallest absolute Gasteiger partial charge is 0.329 e. The molecule has 244 valence electrons. The molecule has 0 aliphatic rings. The maximum absolute atomic E-state index is 13.2. The average molecular weight is 637 g/mol. The maximum Gasteiger partial charge on any atom is 0.329 e. The number of carbonyl (C=O) groups excluding carboxylic acids is 4. The molecule has 10 nitrogen and oxygen atoms in total. The van der Waals surface area contributed by atoms with Crippen molar-refractivity contribution in [2.45, 2.75) is 51.3 Å². The summed E-state index contributed by atoms with van der Waals surface area (Å²) in [5, 5.41) is 10.9. The second-order valence-electron chi connectivity index (χ2n) is 10.8. The van der Waals surface area contributed by atoms with Gasteiger partial charge in [0.2, 0.25) is 0 Å². The fraction of sp³-hybridized carbons (Fsp3) is 0.243. The predicted octanol–water partition coefficient (Wildman–Crippen LogP) is 6.24. The summed E-state index contributed by atoms with van der Waals surface area (Å²) in [6, 6.07) is 31.2. The molecular weight excluding hydrogens is 596 g/mol. The van der Waals surface area contributed by atoms with Crippen molar-refractivity contribution >= 4 is 35.4 Å². The number of ether oxygens (including phenoxy) is 2. The lowest BCUT2D eigenvalue weighted by atomic mass is 10.1. The molecular formula is C37H40N4O6. The first kappa shape index (κ1) is 34.2. The van der Waals surface area contributed by atoms with E-state index in [-0.39, 0.29) is 37.4 Å². The van der Waals surface area contributed by atoms with Gasteiger partial charge in [0.25, 0.3) is 0 Å². The minimum absolute atomic E-state index is 0.0630. The largest absolute Gasteiger partial charge is 0.464 e. The molecule has 4 aromatic rings. The number of rotatable bonds is 15. The average Bonchev–Trinajstić information content (AvgIpc) is 3.09. The van der Waals surface area contributed by atoms with E-state index < -0.39 is 36.1 Å². The fourth-order valence-electron chi connectivity index (χ4n) is 4.67. The number of carbonyl (C=O) groups is 4. The van der Waals surface area contributed by atoms with Crippen LogP contribution in [0, 0.1) is 0 Å². The molecule has 0 spiro atoms. The molecule has 4 N–H and O–H groups in total. The van der Waals surface area contributed by atoms with Gasteiger partial charge < -0.3 is 30.7 Å². The summed E-state index contributed by atoms with van der Waals surface area (Å²) in [6.45, 7) is 2.32. The van der Waals surface area contributed by atoms with Gasteiger partial charge in [-0.15, -0.1) is 0 Å². The standard InChI is InChI=1S/C37H40N4O6/c1-2-3-23-46-34(42)32(24-27-15-7-4-8-16-27)40-36(44)38-30-21-13-14-22-31(30)39-37(45)41-33(25-28-17-9-5-10-18-28)35(43)47-26-29-19-11-6-12-20-29/h4-22,32-33H,2-3,23-26H2,1H3,(H2,38,40,44)(H2,39,41,45)/t32-,33-/m0/s1. The van der Waals surface area contributed by atoms with Crippen molar-refractivity contribution < 1.29 is 28.7 Å². The van der Waals surface area contributed by atoms with E-state index in [2.05, 4.69) is 21.3 Å². The van der Waals surface area contributed by atoms with Crippen molar-refractivity contribution in [1.82, 2.24) is 10.6 Å². The predicted molar refractivity (Wildman–Crippen MR) is 181 cm³/mol. The lowest BCUT2D eigenvalue weighted by Crippen LogP contribution is -2.46. The third-order valence-electron chi connectivity index (χ3n) is 7.13. The molecule has 0 saturated carbocycles. The fourth-order valence-corrected chi connectivity index (χ4v) is 4.67. The zero-order chi connectivity index (χ0) is 33.3. The van der Waals surface area contributed by atoms with E-state index in [1.807, 2.05) is 97.9 Å². The van der Waals surface area contributed by atoms with Crippen LogP contribution in [0.5, 0.6) is 0 Å². The van der Waals surface area contributed by atoms with E-state index in [9.17, 15) is 19.2 Å². The highest BCUT2D eigenvalue weighted by Crippen LogP contribution is 2.21. The van der Waals surface area contributed by atoms with Crippen molar-refractivity contribution in [2.24, 2.45) is 0 Å². The zero-order valence-corrected chi connectivity index (χ0v) is 26.3. The molecule has 0 aromatic heterocycles. The van der Waals surface area contributed by atoms with Gasteiger partial charge >= 0.3 is 24.0 Å². The van der Waals surface area contributed by atoms with E-state index in [1.165, 1.54) is 0 Å². The number of para-hydroxylation sites is 2. The Morgan fingerprint density at radius 2 is 0.957 bits per heavy atom. The van der Waals surface area contributed by atoms with Gasteiger partial charge in [0, 0.05) is 12.8 Å². The summed E-state index contributed by atoms with van der Waals surface area (Å²) in [6.07, 6.45) is 2.03. The molecule has 0 unspecified atom stereocenters. The molecule has 4 rings (SSSR count). The van der Waals surface area contributed by atoms with Crippen LogP contribution < -0.4 is 21.3 Å². The minimum Gasteiger partial charge on any atom is -0.464 e. The van der Waals surface area contributed by atoms with Gasteiger partial charge in [-0.05, 0) is 35.2 Å². The molecule has 10 heteroatoms. The number of hydrogen-bond donors (Lipinski definition) is 4. The molecule has 2 atom stereocenters. The summed E-state index contributed by atoms with van der Waals surface area (Å²) in [5.41, 5.74) is 3.08. The van der Waals surface area contributed by atoms with Gasteiger partial charge in [-0.2, -0.15) is 0 Å². The van der Waals surface area contributed by atoms with Crippen LogP contribution in [0.2, 0.25) is 0 Å². The number of hydrogen-bond acceptors (Lipinski definition) is 6. The van der Waals surface area contributed by atoms with E-state index in [4.69, 9.17) is 9.47 Å². The second-order valence-corrected chi connectivity index (χ2v) is 10.8. The summed E-state index contributed by atoms with van der Waals surface area (Å²) in [4.78, 5) is 52.3. The van der Waals surface area contributed by atoms with Crippen molar-refractivity contribution in [1.29, 1.82) is 0 Å². The number of anilines is 2. The highest BCUT2D eigenvalue weighted by Gasteiger charge is 2.25. The Labute approximate surface area is 274 Å². The zero-order valence-electron chi connectivity index (χ0n) is 26.3. The van der Waals surface area contributed by atoms with Crippen molar-refractivity contribution in [2.75, 3.05) is 17.2 Å². The van der Waals surface area contributed by atoms with Crippen LogP contribution in [0.1, 0.15) is 36.5 Å². The summed E-state index contributed by atoms with van der Waals surface area (Å²) >= 11 is 0. The van der Waals surface area contributed by atoms with Crippen LogP contribution in [0.4, 0.5) is 21.0 Å². The number of urea groups is 2.